The number of benzene rings is 2. The van der Waals surface area contributed by atoms with E-state index < -0.39 is 6.10 Å². The maximum Gasteiger partial charge on any atom is 0.296 e. The molecular formula is C25H19ClN4O4. The van der Waals surface area contributed by atoms with Crippen molar-refractivity contribution in [1.29, 1.82) is 5.26 Å². The Labute approximate surface area is 199 Å². The van der Waals surface area contributed by atoms with Crippen LogP contribution in [0.5, 0.6) is 6.01 Å². The number of nitrogens with one attached hydrogen (secondary N) is 1. The molecule has 0 saturated carbocycles. The average molecular weight is 475 g/mol. The third-order valence-corrected chi connectivity index (χ3v) is 6.44. The van der Waals surface area contributed by atoms with E-state index in [-0.39, 0.29) is 24.9 Å². The molecule has 0 spiro atoms. The molecule has 1 unspecified atom stereocenters. The molecular weight excluding hydrogens is 456 g/mol. The Kier molecular flexibility index (Phi) is 5.20. The highest BCUT2D eigenvalue weighted by atomic mass is 35.5. The molecule has 2 aromatic heterocycles. The second-order valence-electron chi connectivity index (χ2n) is 8.32. The standard InChI is InChI=1S/C25H19ClN4O4/c26-17-9-18-24(30-25(28-18)34-20-12-33-22-19(31)11-32-23(20)22)29-21(17)16-7-5-15(6-8-16)14-3-1-13(10-27)2-4-14/h1-9,19-20,22-23,31H,11-12H2,(H,28,29,30)/t19-,20-,22-,23?/m1/s1. The number of halogens is 1. The second kappa shape index (κ2) is 8.38. The number of imidazole rings is 1. The molecule has 2 fully saturated rings. The maximum absolute atomic E-state index is 9.90. The van der Waals surface area contributed by atoms with E-state index in [2.05, 4.69) is 21.0 Å². The summed E-state index contributed by atoms with van der Waals surface area (Å²) in [6.45, 7) is 0.550. The van der Waals surface area contributed by atoms with Crippen LogP contribution in [-0.2, 0) is 9.47 Å². The predicted octanol–water partition coefficient (Wildman–Crippen LogP) is 3.72. The fourth-order valence-corrected chi connectivity index (χ4v) is 4.66. The number of ether oxygens (including phenoxy) is 3. The van der Waals surface area contributed by atoms with Gasteiger partial charge in [0, 0.05) is 5.56 Å². The van der Waals surface area contributed by atoms with Crippen LogP contribution in [0.2, 0.25) is 5.02 Å². The molecule has 4 atom stereocenters. The number of hydrogen-bond acceptors (Lipinski definition) is 7. The largest absolute Gasteiger partial charge is 0.456 e. The number of pyridine rings is 1. The lowest BCUT2D eigenvalue weighted by Crippen LogP contribution is -2.34. The van der Waals surface area contributed by atoms with Crippen LogP contribution >= 0.6 is 11.6 Å². The van der Waals surface area contributed by atoms with Gasteiger partial charge in [-0.3, -0.25) is 0 Å². The predicted molar refractivity (Wildman–Crippen MR) is 124 cm³/mol. The van der Waals surface area contributed by atoms with Crippen molar-refractivity contribution in [2.45, 2.75) is 24.4 Å². The van der Waals surface area contributed by atoms with E-state index in [0.29, 0.717) is 40.1 Å². The zero-order chi connectivity index (χ0) is 23.2. The van der Waals surface area contributed by atoms with Crippen molar-refractivity contribution >= 4 is 22.8 Å². The fraction of sp³-hybridized carbons (Fsp3) is 0.240. The van der Waals surface area contributed by atoms with Crippen LogP contribution in [0.3, 0.4) is 0 Å². The molecule has 0 amide bonds. The van der Waals surface area contributed by atoms with Crippen molar-refractivity contribution in [2.75, 3.05) is 13.2 Å². The zero-order valence-corrected chi connectivity index (χ0v) is 18.6. The monoisotopic (exact) mass is 474 g/mol. The Hall–Kier alpha value is -3.48. The van der Waals surface area contributed by atoms with Crippen molar-refractivity contribution in [3.8, 4) is 34.5 Å². The molecule has 2 aliphatic rings. The number of fused-ring (bicyclic) bond motifs is 2. The van der Waals surface area contributed by atoms with E-state index in [1.54, 1.807) is 18.2 Å². The first kappa shape index (κ1) is 21.1. The molecule has 34 heavy (non-hydrogen) atoms. The van der Waals surface area contributed by atoms with Crippen LogP contribution in [0.1, 0.15) is 5.56 Å². The molecule has 0 radical (unpaired) electrons. The summed E-state index contributed by atoms with van der Waals surface area (Å²) in [5, 5.41) is 19.4. The van der Waals surface area contributed by atoms with Crippen molar-refractivity contribution in [3.05, 3.63) is 65.2 Å². The smallest absolute Gasteiger partial charge is 0.296 e. The molecule has 2 saturated heterocycles. The van der Waals surface area contributed by atoms with Crippen LogP contribution in [0.4, 0.5) is 0 Å². The maximum atomic E-state index is 9.90. The topological polar surface area (TPSA) is 113 Å². The Morgan fingerprint density at radius 1 is 0.971 bits per heavy atom. The van der Waals surface area contributed by atoms with Crippen molar-refractivity contribution in [2.24, 2.45) is 0 Å². The normalized spacial score (nSPS) is 23.7. The van der Waals surface area contributed by atoms with Gasteiger partial charge in [0.2, 0.25) is 0 Å². The van der Waals surface area contributed by atoms with E-state index in [0.717, 1.165) is 16.7 Å². The highest BCUT2D eigenvalue weighted by Gasteiger charge is 2.48. The molecule has 8 nitrogen and oxygen atoms in total. The summed E-state index contributed by atoms with van der Waals surface area (Å²) < 4.78 is 17.2. The molecule has 2 aliphatic heterocycles. The number of nitrogens with zero attached hydrogens (tertiary/aromatic N) is 3. The van der Waals surface area contributed by atoms with E-state index in [1.807, 2.05) is 36.4 Å². The summed E-state index contributed by atoms with van der Waals surface area (Å²) in [4.78, 5) is 12.2. The highest BCUT2D eigenvalue weighted by molar-refractivity contribution is 6.33. The zero-order valence-electron chi connectivity index (χ0n) is 17.8. The lowest BCUT2D eigenvalue weighted by atomic mass is 10.0. The molecule has 0 aliphatic carbocycles. The molecule has 9 heteroatoms. The van der Waals surface area contributed by atoms with Crippen molar-refractivity contribution in [3.63, 3.8) is 0 Å². The van der Waals surface area contributed by atoms with Crippen molar-refractivity contribution in [1.82, 2.24) is 15.0 Å². The lowest BCUT2D eigenvalue weighted by Gasteiger charge is -2.15. The Balaban J connectivity index is 1.24. The van der Waals surface area contributed by atoms with Gasteiger partial charge in [-0.05, 0) is 29.3 Å². The Bertz CT molecular complexity index is 1400. The number of rotatable bonds is 4. The molecule has 4 heterocycles. The number of nitriles is 1. The van der Waals surface area contributed by atoms with Gasteiger partial charge in [-0.1, -0.05) is 48.0 Å². The molecule has 170 valence electrons. The first-order valence-corrected chi connectivity index (χ1v) is 11.2. The molecule has 2 N–H and O–H groups in total. The summed E-state index contributed by atoms with van der Waals surface area (Å²) in [5.74, 6) is 0. The highest BCUT2D eigenvalue weighted by Crippen LogP contribution is 2.33. The number of aromatic nitrogens is 3. The van der Waals surface area contributed by atoms with Gasteiger partial charge in [0.15, 0.2) is 11.8 Å². The lowest BCUT2D eigenvalue weighted by molar-refractivity contribution is 0.00706. The summed E-state index contributed by atoms with van der Waals surface area (Å²) in [7, 11) is 0. The average Bonchev–Trinajstić information content (AvgIpc) is 3.55. The van der Waals surface area contributed by atoms with Crippen molar-refractivity contribution < 1.29 is 19.3 Å². The minimum absolute atomic E-state index is 0.236. The van der Waals surface area contributed by atoms with Gasteiger partial charge in [0.1, 0.15) is 18.3 Å². The van der Waals surface area contributed by atoms with Gasteiger partial charge in [-0.15, -0.1) is 0 Å². The number of H-pyrrole nitrogens is 1. The Morgan fingerprint density at radius 2 is 1.65 bits per heavy atom. The Morgan fingerprint density at radius 3 is 2.38 bits per heavy atom. The van der Waals surface area contributed by atoms with Crippen LogP contribution in [0, 0.1) is 11.3 Å². The first-order valence-electron chi connectivity index (χ1n) is 10.8. The summed E-state index contributed by atoms with van der Waals surface area (Å²) in [6, 6.07) is 19.5. The number of aromatic amines is 1. The SMILES string of the molecule is N#Cc1ccc(-c2ccc(-c3nc4nc(O[C@@H]5CO[C@H]6C5OC[C@H]6O)[nH]c4cc3Cl)cc2)cc1. The molecule has 4 aromatic rings. The number of aliphatic hydroxyl groups is 1. The van der Waals surface area contributed by atoms with Gasteiger partial charge >= 0.3 is 0 Å². The third-order valence-electron chi connectivity index (χ3n) is 6.16. The molecule has 0 bridgehead atoms. The van der Waals surface area contributed by atoms with Crippen LogP contribution in [0.25, 0.3) is 33.5 Å². The summed E-state index contributed by atoms with van der Waals surface area (Å²) in [5.41, 5.74) is 5.28. The van der Waals surface area contributed by atoms with Crippen LogP contribution in [-0.4, -0.2) is 57.7 Å². The van der Waals surface area contributed by atoms with E-state index in [1.165, 1.54) is 0 Å². The minimum Gasteiger partial charge on any atom is -0.456 e. The van der Waals surface area contributed by atoms with E-state index in [4.69, 9.17) is 31.1 Å². The minimum atomic E-state index is -0.638. The molecule has 6 rings (SSSR count). The van der Waals surface area contributed by atoms with E-state index in [9.17, 15) is 5.11 Å². The van der Waals surface area contributed by atoms with Gasteiger partial charge in [-0.2, -0.15) is 10.2 Å². The quantitative estimate of drug-likeness (QED) is 0.463. The molecule has 2 aromatic carbocycles. The summed E-state index contributed by atoms with van der Waals surface area (Å²) in [6.07, 6.45) is -1.71. The third kappa shape index (κ3) is 3.69. The van der Waals surface area contributed by atoms with Gasteiger partial charge in [0.05, 0.1) is 41.1 Å². The van der Waals surface area contributed by atoms with Crippen LogP contribution in [0.15, 0.2) is 54.6 Å². The summed E-state index contributed by atoms with van der Waals surface area (Å²) >= 11 is 6.55. The van der Waals surface area contributed by atoms with Gasteiger partial charge in [-0.25, -0.2) is 4.98 Å². The number of hydrogen-bond donors (Lipinski definition) is 2. The van der Waals surface area contributed by atoms with E-state index >= 15 is 0 Å². The van der Waals surface area contributed by atoms with Crippen LogP contribution < -0.4 is 4.74 Å². The second-order valence-corrected chi connectivity index (χ2v) is 8.73. The number of aliphatic hydroxyl groups excluding tert-OH is 1. The van der Waals surface area contributed by atoms with Gasteiger partial charge < -0.3 is 24.3 Å². The first-order chi connectivity index (χ1) is 16.6. The fourth-order valence-electron chi connectivity index (χ4n) is 4.40. The van der Waals surface area contributed by atoms with Gasteiger partial charge in [0.25, 0.3) is 6.01 Å².